The number of methoxy groups -OCH3 is 4. The number of rotatable bonds is 16. The maximum atomic E-state index is 13.6. The lowest BCUT2D eigenvalue weighted by Gasteiger charge is -2.51. The van der Waals surface area contributed by atoms with Gasteiger partial charge < -0.3 is 66.8 Å². The molecule has 2 saturated heterocycles. The number of nitrogens with zero attached hydrogens (tertiary/aromatic N) is 1. The first-order valence-corrected chi connectivity index (χ1v) is 22.4. The van der Waals surface area contributed by atoms with Crippen LogP contribution in [0.15, 0.2) is 24.3 Å². The second kappa shape index (κ2) is 26.3. The van der Waals surface area contributed by atoms with Crippen molar-refractivity contribution in [2.75, 3.05) is 42.5 Å². The summed E-state index contributed by atoms with van der Waals surface area (Å²) < 4.78 is 73.8. The minimum Gasteiger partial charge on any atom is -0.462 e. The van der Waals surface area contributed by atoms with E-state index in [1.165, 1.54) is 28.3 Å². The van der Waals surface area contributed by atoms with Crippen molar-refractivity contribution in [3.05, 3.63) is 24.3 Å². The van der Waals surface area contributed by atoms with E-state index in [9.17, 15) is 24.3 Å². The summed E-state index contributed by atoms with van der Waals surface area (Å²) in [6.07, 6.45) is -3.32. The van der Waals surface area contributed by atoms with Gasteiger partial charge in [-0.3, -0.25) is 19.2 Å². The van der Waals surface area contributed by atoms with Gasteiger partial charge in [-0.1, -0.05) is 45.1 Å². The predicted octanol–water partition coefficient (Wildman–Crippen LogP) is 4.41. The zero-order chi connectivity index (χ0) is 47.9. The normalized spacial score (nSPS) is 38.0. The van der Waals surface area contributed by atoms with Crippen molar-refractivity contribution in [3.63, 3.8) is 0 Å². The van der Waals surface area contributed by atoms with Gasteiger partial charge in [-0.2, -0.15) is 0 Å². The molecule has 0 spiro atoms. The van der Waals surface area contributed by atoms with Crippen LogP contribution in [0, 0.1) is 11.8 Å². The second-order valence-electron chi connectivity index (χ2n) is 17.5. The first-order valence-electron chi connectivity index (χ1n) is 22.4. The first-order chi connectivity index (χ1) is 30.2. The Bertz CT molecular complexity index is 1520. The van der Waals surface area contributed by atoms with E-state index in [0.717, 1.165) is 0 Å². The summed E-state index contributed by atoms with van der Waals surface area (Å²) in [5.41, 5.74) is -1.51. The van der Waals surface area contributed by atoms with Gasteiger partial charge in [0.05, 0.1) is 36.9 Å². The van der Waals surface area contributed by atoms with Crippen LogP contribution in [0.25, 0.3) is 0 Å². The van der Waals surface area contributed by atoms with E-state index in [2.05, 4.69) is 0 Å². The van der Waals surface area contributed by atoms with Crippen LogP contribution in [-0.2, 0) is 76.0 Å². The van der Waals surface area contributed by atoms with E-state index in [0.29, 0.717) is 12.8 Å². The smallest absolute Gasteiger partial charge is 0.309 e. The van der Waals surface area contributed by atoms with Crippen LogP contribution >= 0.6 is 0 Å². The van der Waals surface area contributed by atoms with Crippen molar-refractivity contribution in [3.8, 4) is 0 Å². The van der Waals surface area contributed by atoms with Gasteiger partial charge in [-0.05, 0) is 60.0 Å². The third-order valence-electron chi connectivity index (χ3n) is 12.0. The van der Waals surface area contributed by atoms with Crippen molar-refractivity contribution < 1.29 is 81.1 Å². The van der Waals surface area contributed by atoms with E-state index in [-0.39, 0.29) is 44.1 Å². The summed E-state index contributed by atoms with van der Waals surface area (Å²) in [5, 5.41) is 11.5. The highest BCUT2D eigenvalue weighted by atomic mass is 16.7. The minimum absolute atomic E-state index is 0.0135. The molecule has 0 aromatic rings. The number of esters is 4. The Labute approximate surface area is 379 Å². The molecular weight excluding hydrogens is 838 g/mol. The lowest BCUT2D eigenvalue weighted by Crippen LogP contribution is -2.66. The number of carbonyl (C=O) groups excluding carboxylic acids is 4. The largest absolute Gasteiger partial charge is 0.462 e. The Hall–Kier alpha value is -3.04. The van der Waals surface area contributed by atoms with Crippen LogP contribution in [0.2, 0.25) is 0 Å². The molecule has 0 amide bonds. The maximum Gasteiger partial charge on any atom is 0.309 e. The molecule has 3 aliphatic rings. The molecule has 0 aromatic carbocycles. The highest BCUT2D eigenvalue weighted by molar-refractivity contribution is 5.72. The standard InChI is InChI=1S/C46H77NO17/c1-15-34(49)61-33-24-36(51)57-27(4)20-18-17-19-21-32(53-11)26(3)22-31(23-37(54-12)55-13)41(42(33)56-14)64-45-43(60-30(7)48)39(47(9)10)40(28(5)59-45)63-38-25-46(8,52)44(29(6)58-38)62-35(50)16-2/h17-19,21,26-29,31-33,37-45,52H,15-16,20,22-25H2,1-14H3/b18-17+,21-19+/t26-,27-,28-,29+,31-,32+,33-,38+,39+,40-,41+,42+,43-,44+,45+,46-/m1/s1. The quantitative estimate of drug-likeness (QED) is 0.129. The average Bonchev–Trinajstić information content (AvgIpc) is 3.22. The predicted molar refractivity (Wildman–Crippen MR) is 231 cm³/mol. The van der Waals surface area contributed by atoms with E-state index >= 15 is 0 Å². The third kappa shape index (κ3) is 15.8. The first kappa shape index (κ1) is 55.3. The van der Waals surface area contributed by atoms with E-state index in [4.69, 9.17) is 56.8 Å². The highest BCUT2D eigenvalue weighted by Crippen LogP contribution is 2.39. The lowest BCUT2D eigenvalue weighted by molar-refractivity contribution is -0.345. The molecule has 0 unspecified atom stereocenters. The van der Waals surface area contributed by atoms with E-state index in [1.54, 1.807) is 62.7 Å². The van der Waals surface area contributed by atoms with Crippen LogP contribution in [0.4, 0.5) is 0 Å². The fourth-order valence-corrected chi connectivity index (χ4v) is 8.82. The molecule has 0 radical (unpaired) electrons. The van der Waals surface area contributed by atoms with Gasteiger partial charge in [-0.15, -0.1) is 0 Å². The molecule has 64 heavy (non-hydrogen) atoms. The lowest BCUT2D eigenvalue weighted by atomic mass is 9.82. The molecule has 0 aliphatic carbocycles. The molecule has 3 heterocycles. The molecule has 18 nitrogen and oxygen atoms in total. The molecular formula is C46H77NO17. The van der Waals surface area contributed by atoms with Crippen molar-refractivity contribution in [2.24, 2.45) is 11.8 Å². The number of hydrogen-bond donors (Lipinski definition) is 1. The minimum atomic E-state index is -1.51. The molecule has 3 rings (SSSR count). The summed E-state index contributed by atoms with van der Waals surface area (Å²) in [4.78, 5) is 53.9. The van der Waals surface area contributed by atoms with Gasteiger partial charge in [0.15, 0.2) is 31.1 Å². The number of hydrogen-bond acceptors (Lipinski definition) is 18. The Morgan fingerprint density at radius 2 is 1.52 bits per heavy atom. The fourth-order valence-electron chi connectivity index (χ4n) is 8.82. The Kier molecular flexibility index (Phi) is 22.8. The molecule has 3 aliphatic heterocycles. The second-order valence-corrected chi connectivity index (χ2v) is 17.5. The molecule has 0 saturated carbocycles. The summed E-state index contributed by atoms with van der Waals surface area (Å²) in [6.45, 7) is 13.4. The van der Waals surface area contributed by atoms with Gasteiger partial charge >= 0.3 is 23.9 Å². The maximum absolute atomic E-state index is 13.6. The van der Waals surface area contributed by atoms with Crippen LogP contribution in [0.3, 0.4) is 0 Å². The number of ether oxygens (including phenoxy) is 12. The fraction of sp³-hybridized carbons (Fsp3) is 0.826. The molecule has 368 valence electrons. The van der Waals surface area contributed by atoms with E-state index in [1.807, 2.05) is 36.1 Å². The molecule has 2 fully saturated rings. The van der Waals surface area contributed by atoms with Crippen LogP contribution in [0.5, 0.6) is 0 Å². The summed E-state index contributed by atoms with van der Waals surface area (Å²) in [7, 11) is 9.69. The number of aliphatic hydroxyl groups is 1. The molecule has 1 N–H and O–H groups in total. The molecule has 16 atom stereocenters. The average molecular weight is 916 g/mol. The van der Waals surface area contributed by atoms with Crippen molar-refractivity contribution >= 4 is 23.9 Å². The van der Waals surface area contributed by atoms with Crippen LogP contribution < -0.4 is 0 Å². The topological polar surface area (TPSA) is 203 Å². The van der Waals surface area contributed by atoms with Gasteiger partial charge in [0.1, 0.15) is 30.0 Å². The summed E-state index contributed by atoms with van der Waals surface area (Å²) >= 11 is 0. The number of cyclic esters (lactones) is 1. The van der Waals surface area contributed by atoms with Gasteiger partial charge in [0.2, 0.25) is 0 Å². The van der Waals surface area contributed by atoms with Crippen LogP contribution in [-0.4, -0.2) is 168 Å². The van der Waals surface area contributed by atoms with Crippen molar-refractivity contribution in [2.45, 2.75) is 192 Å². The van der Waals surface area contributed by atoms with Gasteiger partial charge in [0, 0.05) is 67.5 Å². The zero-order valence-corrected chi connectivity index (χ0v) is 40.4. The zero-order valence-electron chi connectivity index (χ0n) is 40.4. The molecule has 0 aromatic heterocycles. The van der Waals surface area contributed by atoms with Crippen molar-refractivity contribution in [1.82, 2.24) is 4.90 Å². The third-order valence-corrected chi connectivity index (χ3v) is 12.0. The monoisotopic (exact) mass is 916 g/mol. The number of allylic oxidation sites excluding steroid dienone is 2. The SMILES string of the molecule is CCC(=O)O[C@@H]1CC(=O)O[C@H](C)C/C=C/C=C/[C@H](OC)[C@H](C)C[C@H](CC(OC)OC)[C@H](O[C@@H]2O[C@H](C)[C@@H](O[C@H]3C[C@@](C)(O)[C@@H](OC(=O)CC)[C@H](C)O3)[C@H](N(C)C)[C@H]2OC(C)=O)[C@H]1OC. The van der Waals surface area contributed by atoms with Gasteiger partial charge in [0.25, 0.3) is 0 Å². The molecule has 18 heteroatoms. The highest BCUT2D eigenvalue weighted by Gasteiger charge is 2.54. The van der Waals surface area contributed by atoms with Crippen LogP contribution in [0.1, 0.15) is 100 Å². The summed E-state index contributed by atoms with van der Waals surface area (Å²) in [6, 6.07) is -0.742. The number of likely N-dealkylation sites (N-methyl/N-ethyl adjacent to an activating group) is 1. The Morgan fingerprint density at radius 1 is 0.859 bits per heavy atom. The summed E-state index contributed by atoms with van der Waals surface area (Å²) in [5.74, 6) is -3.00. The number of carbonyl (C=O) groups is 4. The van der Waals surface area contributed by atoms with Crippen molar-refractivity contribution in [1.29, 1.82) is 0 Å². The Balaban J connectivity index is 2.20. The van der Waals surface area contributed by atoms with Gasteiger partial charge in [-0.25, -0.2) is 0 Å². The van der Waals surface area contributed by atoms with E-state index < -0.39 is 115 Å². The Morgan fingerprint density at radius 3 is 2.08 bits per heavy atom. The molecule has 0 bridgehead atoms.